The molecule has 0 unspecified atom stereocenters. The lowest BCUT2D eigenvalue weighted by Gasteiger charge is -2.06. The highest BCUT2D eigenvalue weighted by Gasteiger charge is 2.11. The monoisotopic (exact) mass is 236 g/mol. The lowest BCUT2D eigenvalue weighted by molar-refractivity contribution is 0.755. The molecule has 5 heteroatoms. The van der Waals surface area contributed by atoms with E-state index in [2.05, 4.69) is 23.0 Å². The molecule has 0 aromatic carbocycles. The van der Waals surface area contributed by atoms with E-state index in [-0.39, 0.29) is 0 Å². The topological polar surface area (TPSA) is 75.6 Å². The molecule has 1 heterocycles. The van der Waals surface area contributed by atoms with Crippen molar-refractivity contribution < 1.29 is 0 Å². The molecule has 1 rings (SSSR count). The van der Waals surface area contributed by atoms with Crippen molar-refractivity contribution in [3.8, 4) is 6.07 Å². The van der Waals surface area contributed by atoms with Gasteiger partial charge in [0.2, 0.25) is 0 Å². The van der Waals surface area contributed by atoms with Gasteiger partial charge in [-0.05, 0) is 18.6 Å². The molecule has 0 atom stereocenters. The Balaban J connectivity index is 3.05. The second-order valence-corrected chi connectivity index (χ2v) is 4.59. The Labute approximate surface area is 100 Å². The molecule has 1 aromatic rings. The van der Waals surface area contributed by atoms with E-state index in [0.717, 1.165) is 30.7 Å². The minimum Gasteiger partial charge on any atom is -0.382 e. The lowest BCUT2D eigenvalue weighted by Crippen LogP contribution is -2.05. The van der Waals surface area contributed by atoms with Gasteiger partial charge < -0.3 is 5.73 Å². The van der Waals surface area contributed by atoms with E-state index in [9.17, 15) is 0 Å². The van der Waals surface area contributed by atoms with Crippen molar-refractivity contribution in [3.05, 3.63) is 11.3 Å². The number of unbranched alkanes of at least 4 members (excludes halogenated alkanes) is 1. The summed E-state index contributed by atoms with van der Waals surface area (Å²) in [6.07, 6.45) is 2.88. The van der Waals surface area contributed by atoms with Gasteiger partial charge in [0.25, 0.3) is 0 Å². The van der Waals surface area contributed by atoms with Crippen LogP contribution in [0.25, 0.3) is 0 Å². The van der Waals surface area contributed by atoms with E-state index in [0.29, 0.717) is 16.5 Å². The maximum atomic E-state index is 9.00. The van der Waals surface area contributed by atoms with Crippen LogP contribution in [0.1, 0.15) is 37.9 Å². The number of nitrogens with two attached hydrogens (primary N) is 1. The molecule has 0 amide bonds. The van der Waals surface area contributed by atoms with E-state index >= 15 is 0 Å². The molecule has 0 bridgehead atoms. The summed E-state index contributed by atoms with van der Waals surface area (Å²) in [6, 6.07) is 2.08. The van der Waals surface area contributed by atoms with Crippen LogP contribution in [0.4, 0.5) is 5.82 Å². The Hall–Kier alpha value is -1.28. The van der Waals surface area contributed by atoms with Crippen LogP contribution in [0.5, 0.6) is 0 Å². The first-order valence-electron chi connectivity index (χ1n) is 5.42. The summed E-state index contributed by atoms with van der Waals surface area (Å²) in [7, 11) is 0. The molecule has 1 aromatic heterocycles. The van der Waals surface area contributed by atoms with Crippen LogP contribution in [-0.4, -0.2) is 15.7 Å². The standard InChI is InChI=1S/C11H16N4S/c1-3-5-6-9-8(7-12)10(13)15-11(14-9)16-4-2/h3-6H2,1-2H3,(H2,13,14,15). The largest absolute Gasteiger partial charge is 0.382 e. The van der Waals surface area contributed by atoms with Crippen molar-refractivity contribution in [2.24, 2.45) is 0 Å². The molecule has 0 aliphatic rings. The van der Waals surface area contributed by atoms with Crippen molar-refractivity contribution >= 4 is 17.6 Å². The molecule has 0 aliphatic heterocycles. The molecule has 4 nitrogen and oxygen atoms in total. The van der Waals surface area contributed by atoms with Gasteiger partial charge in [0.1, 0.15) is 17.5 Å². The van der Waals surface area contributed by atoms with Gasteiger partial charge in [-0.2, -0.15) is 5.26 Å². The van der Waals surface area contributed by atoms with Crippen LogP contribution >= 0.6 is 11.8 Å². The van der Waals surface area contributed by atoms with E-state index < -0.39 is 0 Å². The third kappa shape index (κ3) is 3.11. The lowest BCUT2D eigenvalue weighted by atomic mass is 10.1. The first-order chi connectivity index (χ1) is 7.72. The molecule has 2 N–H and O–H groups in total. The minimum absolute atomic E-state index is 0.305. The van der Waals surface area contributed by atoms with Crippen molar-refractivity contribution in [1.82, 2.24) is 9.97 Å². The highest BCUT2D eigenvalue weighted by molar-refractivity contribution is 7.99. The number of nitriles is 1. The van der Waals surface area contributed by atoms with Crippen molar-refractivity contribution in [1.29, 1.82) is 5.26 Å². The van der Waals surface area contributed by atoms with Crippen molar-refractivity contribution in [2.75, 3.05) is 11.5 Å². The number of rotatable bonds is 5. The fourth-order valence-electron chi connectivity index (χ4n) is 1.34. The number of hydrogen-bond acceptors (Lipinski definition) is 5. The van der Waals surface area contributed by atoms with Gasteiger partial charge in [-0.1, -0.05) is 32.0 Å². The molecule has 0 fully saturated rings. The summed E-state index contributed by atoms with van der Waals surface area (Å²) in [5, 5.41) is 9.67. The Morgan fingerprint density at radius 2 is 2.12 bits per heavy atom. The third-order valence-electron chi connectivity index (χ3n) is 2.14. The van der Waals surface area contributed by atoms with Crippen molar-refractivity contribution in [2.45, 2.75) is 38.3 Å². The molecular weight excluding hydrogens is 220 g/mol. The van der Waals surface area contributed by atoms with Gasteiger partial charge in [-0.25, -0.2) is 9.97 Å². The molecule has 86 valence electrons. The SMILES string of the molecule is CCCCc1nc(SCC)nc(N)c1C#N. The van der Waals surface area contributed by atoms with E-state index in [4.69, 9.17) is 11.0 Å². The Morgan fingerprint density at radius 3 is 2.69 bits per heavy atom. The van der Waals surface area contributed by atoms with E-state index in [1.54, 1.807) is 11.8 Å². The summed E-state index contributed by atoms with van der Waals surface area (Å²) >= 11 is 1.54. The smallest absolute Gasteiger partial charge is 0.189 e. The summed E-state index contributed by atoms with van der Waals surface area (Å²) in [4.78, 5) is 8.49. The number of hydrogen-bond donors (Lipinski definition) is 1. The number of nitrogens with zero attached hydrogens (tertiary/aromatic N) is 3. The van der Waals surface area contributed by atoms with Crippen LogP contribution in [-0.2, 0) is 6.42 Å². The Morgan fingerprint density at radius 1 is 1.38 bits per heavy atom. The van der Waals surface area contributed by atoms with E-state index in [1.165, 1.54) is 0 Å². The number of nitrogen functional groups attached to an aromatic ring is 1. The van der Waals surface area contributed by atoms with E-state index in [1.807, 2.05) is 6.92 Å². The highest BCUT2D eigenvalue weighted by Crippen LogP contribution is 2.20. The predicted molar refractivity (Wildman–Crippen MR) is 66.2 cm³/mol. The summed E-state index contributed by atoms with van der Waals surface area (Å²) < 4.78 is 0. The van der Waals surface area contributed by atoms with Gasteiger partial charge >= 0.3 is 0 Å². The van der Waals surface area contributed by atoms with Crippen LogP contribution in [0, 0.1) is 11.3 Å². The molecule has 16 heavy (non-hydrogen) atoms. The van der Waals surface area contributed by atoms with Gasteiger partial charge in [-0.3, -0.25) is 0 Å². The summed E-state index contributed by atoms with van der Waals surface area (Å²) in [6.45, 7) is 4.15. The van der Waals surface area contributed by atoms with Crippen LogP contribution in [0.3, 0.4) is 0 Å². The maximum absolute atomic E-state index is 9.00. The fraction of sp³-hybridized carbons (Fsp3) is 0.545. The van der Waals surface area contributed by atoms with Gasteiger partial charge in [-0.15, -0.1) is 0 Å². The first-order valence-corrected chi connectivity index (χ1v) is 6.40. The summed E-state index contributed by atoms with van der Waals surface area (Å²) in [5.41, 5.74) is 6.97. The predicted octanol–water partition coefficient (Wildman–Crippen LogP) is 2.39. The normalized spacial score (nSPS) is 10.1. The average Bonchev–Trinajstić information content (AvgIpc) is 2.26. The van der Waals surface area contributed by atoms with Gasteiger partial charge in [0.05, 0.1) is 5.69 Å². The van der Waals surface area contributed by atoms with Gasteiger partial charge in [0.15, 0.2) is 5.16 Å². The zero-order valence-electron chi connectivity index (χ0n) is 9.66. The summed E-state index contributed by atoms with van der Waals surface area (Å²) in [5.74, 6) is 1.21. The third-order valence-corrected chi connectivity index (χ3v) is 2.87. The quantitative estimate of drug-likeness (QED) is 0.627. The highest BCUT2D eigenvalue weighted by atomic mass is 32.2. The van der Waals surface area contributed by atoms with Crippen LogP contribution in [0.2, 0.25) is 0 Å². The Kier molecular flexibility index (Phi) is 5.06. The number of thioether (sulfide) groups is 1. The van der Waals surface area contributed by atoms with Crippen molar-refractivity contribution in [3.63, 3.8) is 0 Å². The van der Waals surface area contributed by atoms with Crippen LogP contribution in [0.15, 0.2) is 5.16 Å². The zero-order valence-corrected chi connectivity index (χ0v) is 10.5. The molecular formula is C11H16N4S. The number of aromatic nitrogens is 2. The fourth-order valence-corrected chi connectivity index (χ4v) is 1.94. The Bertz CT molecular complexity index is 398. The average molecular weight is 236 g/mol. The second kappa shape index (κ2) is 6.33. The maximum Gasteiger partial charge on any atom is 0.189 e. The molecule has 0 spiro atoms. The molecule has 0 saturated carbocycles. The van der Waals surface area contributed by atoms with Crippen LogP contribution < -0.4 is 5.73 Å². The minimum atomic E-state index is 0.305. The molecule has 0 saturated heterocycles. The van der Waals surface area contributed by atoms with Gasteiger partial charge in [0, 0.05) is 0 Å². The molecule has 0 radical (unpaired) electrons. The molecule has 0 aliphatic carbocycles. The first kappa shape index (κ1) is 12.8. The zero-order chi connectivity index (χ0) is 12.0. The second-order valence-electron chi connectivity index (χ2n) is 3.36. The number of anilines is 1. The number of aryl methyl sites for hydroxylation is 1.